The Balaban J connectivity index is 3.80. The van der Waals surface area contributed by atoms with Crippen molar-refractivity contribution in [2.24, 2.45) is 0 Å². The summed E-state index contributed by atoms with van der Waals surface area (Å²) in [7, 11) is 0. The lowest BCUT2D eigenvalue weighted by Crippen LogP contribution is -2.22. The second kappa shape index (κ2) is 3.18. The molecule has 0 atom stereocenters. The Morgan fingerprint density at radius 1 is 1.88 bits per heavy atom. The van der Waals surface area contributed by atoms with Crippen LogP contribution in [0, 0.1) is 0 Å². The van der Waals surface area contributed by atoms with E-state index in [1.165, 1.54) is 0 Å². The summed E-state index contributed by atoms with van der Waals surface area (Å²) in [4.78, 5) is 9.53. The summed E-state index contributed by atoms with van der Waals surface area (Å²) in [5.74, 6) is -2.93. The molecule has 0 aliphatic rings. The summed E-state index contributed by atoms with van der Waals surface area (Å²) in [6.45, 7) is 1.64. The third kappa shape index (κ3) is 2.34. The quantitative estimate of drug-likeness (QED) is 0.477. The van der Waals surface area contributed by atoms with E-state index in [4.69, 9.17) is 0 Å². The van der Waals surface area contributed by atoms with Gasteiger partial charge in [0.1, 0.15) is 5.83 Å². The Bertz CT molecular complexity index is 118. The fourth-order valence-corrected chi connectivity index (χ4v) is 0.263. The van der Waals surface area contributed by atoms with Gasteiger partial charge in [0.2, 0.25) is 0 Å². The maximum Gasteiger partial charge on any atom is 0.141 e. The van der Waals surface area contributed by atoms with Gasteiger partial charge in [-0.05, 0) is 12.5 Å². The minimum atomic E-state index is -1.74. The van der Waals surface area contributed by atoms with Gasteiger partial charge in [-0.1, -0.05) is 6.92 Å². The van der Waals surface area contributed by atoms with Gasteiger partial charge in [0.25, 0.3) is 0 Å². The molecule has 0 radical (unpaired) electrons. The number of carboxylic acid groups (broad SMARTS) is 1. The topological polar surface area (TPSA) is 40.1 Å². The predicted molar refractivity (Wildman–Crippen MR) is 24.5 cm³/mol. The second-order valence-electron chi connectivity index (χ2n) is 1.25. The zero-order valence-electron chi connectivity index (χ0n) is 4.48. The molecule has 0 bridgehead atoms. The third-order valence-corrected chi connectivity index (χ3v) is 0.578. The van der Waals surface area contributed by atoms with Crippen LogP contribution in [-0.2, 0) is 4.79 Å². The second-order valence-corrected chi connectivity index (χ2v) is 1.25. The van der Waals surface area contributed by atoms with Gasteiger partial charge in [0, 0.05) is 0 Å². The minimum Gasteiger partial charge on any atom is -0.542 e. The summed E-state index contributed by atoms with van der Waals surface area (Å²) in [5, 5.41) is 9.53. The highest BCUT2D eigenvalue weighted by molar-refractivity contribution is 5.81. The normalized spacial score (nSPS) is 11.5. The molecule has 0 amide bonds. The Labute approximate surface area is 46.6 Å². The van der Waals surface area contributed by atoms with Gasteiger partial charge < -0.3 is 9.90 Å². The summed E-state index contributed by atoms with van der Waals surface area (Å²) in [5.41, 5.74) is 0. The monoisotopic (exact) mass is 117 g/mol. The summed E-state index contributed by atoms with van der Waals surface area (Å²) < 4.78 is 11.7. The zero-order chi connectivity index (χ0) is 6.57. The number of carbonyl (C=O) groups is 1. The molecule has 0 aliphatic carbocycles. The molecule has 8 heavy (non-hydrogen) atoms. The van der Waals surface area contributed by atoms with Crippen molar-refractivity contribution < 1.29 is 14.3 Å². The van der Waals surface area contributed by atoms with Crippen LogP contribution in [0.2, 0.25) is 0 Å². The van der Waals surface area contributed by atoms with Crippen molar-refractivity contribution in [2.75, 3.05) is 0 Å². The van der Waals surface area contributed by atoms with E-state index < -0.39 is 11.8 Å². The third-order valence-electron chi connectivity index (χ3n) is 0.578. The highest BCUT2D eigenvalue weighted by Crippen LogP contribution is 1.94. The number of carbonyl (C=O) groups excluding carboxylic acids is 1. The molecule has 0 saturated heterocycles. The lowest BCUT2D eigenvalue weighted by molar-refractivity contribution is -0.301. The molecule has 46 valence electrons. The predicted octanol–water partition coefficient (Wildman–Crippen LogP) is -0.000300. The van der Waals surface area contributed by atoms with Crippen molar-refractivity contribution in [2.45, 2.75) is 13.3 Å². The molecular weight excluding hydrogens is 111 g/mol. The largest absolute Gasteiger partial charge is 0.542 e. The van der Waals surface area contributed by atoms with Crippen LogP contribution in [0.4, 0.5) is 4.39 Å². The fraction of sp³-hybridized carbons (Fsp3) is 0.400. The first-order chi connectivity index (χ1) is 3.68. The molecule has 0 N–H and O–H groups in total. The Hall–Kier alpha value is -0.860. The molecule has 0 aromatic heterocycles. The van der Waals surface area contributed by atoms with Crippen molar-refractivity contribution in [3.8, 4) is 0 Å². The first kappa shape index (κ1) is 7.14. The molecular formula is C5H6FO2-. The lowest BCUT2D eigenvalue weighted by atomic mass is 10.4. The fourth-order valence-electron chi connectivity index (χ4n) is 0.263. The van der Waals surface area contributed by atoms with Gasteiger partial charge in [-0.15, -0.1) is 0 Å². The van der Waals surface area contributed by atoms with Crippen molar-refractivity contribution in [3.05, 3.63) is 11.9 Å². The van der Waals surface area contributed by atoms with E-state index in [1.54, 1.807) is 6.92 Å². The molecule has 0 fully saturated rings. The van der Waals surface area contributed by atoms with Crippen molar-refractivity contribution in [3.63, 3.8) is 0 Å². The van der Waals surface area contributed by atoms with Gasteiger partial charge in [-0.3, -0.25) is 0 Å². The number of rotatable bonds is 2. The van der Waals surface area contributed by atoms with Crippen molar-refractivity contribution in [1.29, 1.82) is 0 Å². The highest BCUT2D eigenvalue weighted by Gasteiger charge is 1.89. The van der Waals surface area contributed by atoms with Gasteiger partial charge in [-0.2, -0.15) is 0 Å². The molecule has 0 aromatic rings. The molecule has 2 nitrogen and oxygen atoms in total. The first-order valence-corrected chi connectivity index (χ1v) is 2.25. The number of hydrogen-bond acceptors (Lipinski definition) is 2. The smallest absolute Gasteiger partial charge is 0.141 e. The average molecular weight is 117 g/mol. The van der Waals surface area contributed by atoms with Crippen LogP contribution in [0.1, 0.15) is 13.3 Å². The van der Waals surface area contributed by atoms with Crippen LogP contribution in [0.25, 0.3) is 0 Å². The maximum absolute atomic E-state index is 11.7. The number of halogens is 1. The van der Waals surface area contributed by atoms with E-state index in [0.717, 1.165) is 6.08 Å². The van der Waals surface area contributed by atoms with Crippen LogP contribution >= 0.6 is 0 Å². The average Bonchev–Trinajstić information content (AvgIpc) is 1.67. The number of aliphatic carboxylic acids is 1. The Morgan fingerprint density at radius 3 is 2.50 bits per heavy atom. The van der Waals surface area contributed by atoms with Gasteiger partial charge >= 0.3 is 0 Å². The Morgan fingerprint density at radius 2 is 2.38 bits per heavy atom. The molecule has 0 aliphatic heterocycles. The summed E-state index contributed by atoms with van der Waals surface area (Å²) in [6.07, 6.45) is 1.33. The van der Waals surface area contributed by atoms with Gasteiger partial charge in [0.15, 0.2) is 0 Å². The first-order valence-electron chi connectivity index (χ1n) is 2.25. The molecule has 0 spiro atoms. The van der Waals surface area contributed by atoms with E-state index >= 15 is 0 Å². The highest BCUT2D eigenvalue weighted by atomic mass is 19.1. The van der Waals surface area contributed by atoms with Crippen molar-refractivity contribution >= 4 is 5.97 Å². The van der Waals surface area contributed by atoms with E-state index in [-0.39, 0.29) is 0 Å². The lowest BCUT2D eigenvalue weighted by Gasteiger charge is -1.93. The summed E-state index contributed by atoms with van der Waals surface area (Å²) in [6, 6.07) is 0. The molecule has 0 saturated carbocycles. The van der Waals surface area contributed by atoms with E-state index in [0.29, 0.717) is 6.42 Å². The molecule has 0 unspecified atom stereocenters. The van der Waals surface area contributed by atoms with E-state index in [1.807, 2.05) is 0 Å². The van der Waals surface area contributed by atoms with E-state index in [9.17, 15) is 14.3 Å². The molecule has 0 heterocycles. The van der Waals surface area contributed by atoms with Crippen LogP contribution in [0.5, 0.6) is 0 Å². The summed E-state index contributed by atoms with van der Waals surface area (Å²) >= 11 is 0. The number of hydrogen-bond donors (Lipinski definition) is 0. The SMILES string of the molecule is CC/C=C(\F)C(=O)[O-]. The van der Waals surface area contributed by atoms with Crippen molar-refractivity contribution in [1.82, 2.24) is 0 Å². The zero-order valence-corrected chi connectivity index (χ0v) is 4.48. The van der Waals surface area contributed by atoms with E-state index in [2.05, 4.69) is 0 Å². The number of carboxylic acids is 1. The van der Waals surface area contributed by atoms with Crippen LogP contribution < -0.4 is 5.11 Å². The van der Waals surface area contributed by atoms with Gasteiger partial charge in [0.05, 0.1) is 5.97 Å². The van der Waals surface area contributed by atoms with Crippen LogP contribution in [0.3, 0.4) is 0 Å². The number of allylic oxidation sites excluding steroid dienone is 1. The van der Waals surface area contributed by atoms with Gasteiger partial charge in [-0.25, -0.2) is 4.39 Å². The molecule has 3 heteroatoms. The standard InChI is InChI=1S/C5H7FO2/c1-2-3-4(6)5(7)8/h3H,2H2,1H3,(H,7,8)/p-1/b4-3-. The minimum absolute atomic E-state index is 0.375. The van der Waals surface area contributed by atoms with Crippen LogP contribution in [0.15, 0.2) is 11.9 Å². The molecule has 0 aromatic carbocycles. The molecule has 0 rings (SSSR count). The van der Waals surface area contributed by atoms with Crippen LogP contribution in [-0.4, -0.2) is 5.97 Å². The maximum atomic E-state index is 11.7. The Kier molecular flexibility index (Phi) is 2.84.